The maximum Gasteiger partial charge on any atom is 0.250 e. The summed E-state index contributed by atoms with van der Waals surface area (Å²) >= 11 is 0. The molecular weight excluding hydrogens is 252 g/mol. The zero-order chi connectivity index (χ0) is 14.7. The van der Waals surface area contributed by atoms with Gasteiger partial charge in [-0.1, -0.05) is 13.8 Å². The molecule has 1 aromatic rings. The molecule has 1 aliphatic carbocycles. The molecule has 2 rings (SSSR count). The monoisotopic (exact) mass is 276 g/mol. The van der Waals surface area contributed by atoms with Gasteiger partial charge in [-0.25, -0.2) is 0 Å². The second kappa shape index (κ2) is 6.25. The maximum atomic E-state index is 12.3. The van der Waals surface area contributed by atoms with Crippen LogP contribution in [-0.4, -0.2) is 10.5 Å². The van der Waals surface area contributed by atoms with Crippen LogP contribution in [0.1, 0.15) is 40.0 Å². The first-order valence-electron chi connectivity index (χ1n) is 7.52. The Kier molecular flexibility index (Phi) is 4.63. The molecule has 3 unspecified atom stereocenters. The highest BCUT2D eigenvalue weighted by Gasteiger charge is 2.29. The molecule has 1 amide bonds. The van der Waals surface area contributed by atoms with Gasteiger partial charge in [-0.3, -0.25) is 9.59 Å². The van der Waals surface area contributed by atoms with E-state index in [0.717, 1.165) is 19.3 Å². The normalized spacial score (nSPS) is 26.2. The predicted molar refractivity (Wildman–Crippen MR) is 80.7 cm³/mol. The van der Waals surface area contributed by atoms with Crippen LogP contribution in [-0.2, 0) is 11.3 Å². The van der Waals surface area contributed by atoms with Crippen molar-refractivity contribution in [1.29, 1.82) is 0 Å². The molecule has 4 heteroatoms. The van der Waals surface area contributed by atoms with E-state index in [0.29, 0.717) is 24.1 Å². The number of aromatic nitrogens is 1. The molecule has 0 bridgehead atoms. The van der Waals surface area contributed by atoms with Crippen molar-refractivity contribution in [2.24, 2.45) is 17.8 Å². The van der Waals surface area contributed by atoms with E-state index >= 15 is 0 Å². The summed E-state index contributed by atoms with van der Waals surface area (Å²) in [5, 5.41) is 2.95. The van der Waals surface area contributed by atoms with Gasteiger partial charge < -0.3 is 9.88 Å². The zero-order valence-electron chi connectivity index (χ0n) is 12.6. The lowest BCUT2D eigenvalue weighted by Crippen LogP contribution is -2.30. The summed E-state index contributed by atoms with van der Waals surface area (Å²) in [6.45, 7) is 7.01. The highest BCUT2D eigenvalue weighted by molar-refractivity contribution is 5.92. The lowest BCUT2D eigenvalue weighted by Gasteiger charge is -2.31. The van der Waals surface area contributed by atoms with E-state index in [9.17, 15) is 9.59 Å². The van der Waals surface area contributed by atoms with Gasteiger partial charge in [0.1, 0.15) is 0 Å². The molecule has 1 fully saturated rings. The van der Waals surface area contributed by atoms with Gasteiger partial charge in [0.15, 0.2) is 0 Å². The van der Waals surface area contributed by atoms with Crippen molar-refractivity contribution >= 4 is 11.6 Å². The van der Waals surface area contributed by atoms with Crippen LogP contribution in [0.5, 0.6) is 0 Å². The van der Waals surface area contributed by atoms with E-state index in [-0.39, 0.29) is 17.4 Å². The topological polar surface area (TPSA) is 51.1 Å². The van der Waals surface area contributed by atoms with E-state index in [2.05, 4.69) is 19.2 Å². The summed E-state index contributed by atoms with van der Waals surface area (Å²) in [5.41, 5.74) is 0.674. The second-order valence-corrected chi connectivity index (χ2v) is 6.00. The van der Waals surface area contributed by atoms with Crippen molar-refractivity contribution < 1.29 is 4.79 Å². The van der Waals surface area contributed by atoms with Gasteiger partial charge in [0, 0.05) is 24.7 Å². The number of aryl methyl sites for hydroxylation is 1. The second-order valence-electron chi connectivity index (χ2n) is 6.00. The smallest absolute Gasteiger partial charge is 0.250 e. The van der Waals surface area contributed by atoms with Gasteiger partial charge in [-0.15, -0.1) is 0 Å². The molecule has 0 aromatic carbocycles. The van der Waals surface area contributed by atoms with Crippen LogP contribution >= 0.6 is 0 Å². The third kappa shape index (κ3) is 3.30. The van der Waals surface area contributed by atoms with Crippen LogP contribution in [0, 0.1) is 17.8 Å². The fraction of sp³-hybridized carbons (Fsp3) is 0.625. The number of hydrogen-bond acceptors (Lipinski definition) is 2. The van der Waals surface area contributed by atoms with Crippen molar-refractivity contribution in [3.05, 3.63) is 28.7 Å². The summed E-state index contributed by atoms with van der Waals surface area (Å²) in [6, 6.07) is 3.19. The molecule has 0 radical (unpaired) electrons. The Labute approximate surface area is 120 Å². The number of nitrogens with zero attached hydrogens (tertiary/aromatic N) is 1. The van der Waals surface area contributed by atoms with Gasteiger partial charge in [0.25, 0.3) is 5.56 Å². The number of nitrogens with one attached hydrogen (secondary N) is 1. The highest BCUT2D eigenvalue weighted by Crippen LogP contribution is 2.33. The summed E-state index contributed by atoms with van der Waals surface area (Å²) in [6.07, 6.45) is 4.76. The average Bonchev–Trinajstić information content (AvgIpc) is 2.43. The predicted octanol–water partition coefficient (Wildman–Crippen LogP) is 2.88. The number of carbonyl (C=O) groups is 1. The van der Waals surface area contributed by atoms with Crippen LogP contribution in [0.15, 0.2) is 23.1 Å². The van der Waals surface area contributed by atoms with Crippen molar-refractivity contribution in [2.75, 3.05) is 5.32 Å². The quantitative estimate of drug-likeness (QED) is 0.923. The van der Waals surface area contributed by atoms with Crippen LogP contribution < -0.4 is 10.9 Å². The van der Waals surface area contributed by atoms with E-state index < -0.39 is 0 Å². The largest absolute Gasteiger partial charge is 0.325 e. The molecule has 20 heavy (non-hydrogen) atoms. The third-order valence-corrected chi connectivity index (χ3v) is 4.56. The average molecular weight is 276 g/mol. The van der Waals surface area contributed by atoms with Crippen molar-refractivity contribution in [3.63, 3.8) is 0 Å². The van der Waals surface area contributed by atoms with Crippen LogP contribution in [0.3, 0.4) is 0 Å². The zero-order valence-corrected chi connectivity index (χ0v) is 12.6. The Balaban J connectivity index is 2.03. The maximum absolute atomic E-state index is 12.3. The van der Waals surface area contributed by atoms with Crippen molar-refractivity contribution in [2.45, 2.75) is 46.6 Å². The first kappa shape index (κ1) is 14.8. The van der Waals surface area contributed by atoms with Crippen molar-refractivity contribution in [1.82, 2.24) is 4.57 Å². The van der Waals surface area contributed by atoms with E-state index in [4.69, 9.17) is 0 Å². The SMILES string of the molecule is CCn1cc(NC(=O)C2CCC(C)C(C)C2)ccc1=O. The Morgan fingerprint density at radius 3 is 2.70 bits per heavy atom. The first-order chi connectivity index (χ1) is 9.51. The Morgan fingerprint density at radius 2 is 2.05 bits per heavy atom. The fourth-order valence-electron chi connectivity index (χ4n) is 2.88. The number of hydrogen-bond donors (Lipinski definition) is 1. The molecule has 1 aliphatic rings. The molecule has 1 saturated carbocycles. The van der Waals surface area contributed by atoms with Gasteiger partial charge in [-0.05, 0) is 44.1 Å². The van der Waals surface area contributed by atoms with E-state index in [1.165, 1.54) is 6.07 Å². The molecular formula is C16H24N2O2. The molecule has 1 heterocycles. The number of pyridine rings is 1. The van der Waals surface area contributed by atoms with Gasteiger partial charge in [-0.2, -0.15) is 0 Å². The van der Waals surface area contributed by atoms with Crippen LogP contribution in [0.25, 0.3) is 0 Å². The summed E-state index contributed by atoms with van der Waals surface area (Å²) in [7, 11) is 0. The molecule has 0 saturated heterocycles. The standard InChI is InChI=1S/C16H24N2O2/c1-4-18-10-14(7-8-15(18)19)17-16(20)13-6-5-11(2)12(3)9-13/h7-8,10-13H,4-6,9H2,1-3H3,(H,17,20). The number of carbonyl (C=O) groups excluding carboxylic acids is 1. The molecule has 0 spiro atoms. The van der Waals surface area contributed by atoms with E-state index in [1.807, 2.05) is 6.92 Å². The summed E-state index contributed by atoms with van der Waals surface area (Å²) in [5.74, 6) is 1.50. The minimum atomic E-state index is -0.0365. The number of rotatable bonds is 3. The first-order valence-corrected chi connectivity index (χ1v) is 7.52. The number of anilines is 1. The van der Waals surface area contributed by atoms with Gasteiger partial charge in [0.05, 0.1) is 5.69 Å². The Morgan fingerprint density at radius 1 is 1.30 bits per heavy atom. The molecule has 1 N–H and O–H groups in total. The lowest BCUT2D eigenvalue weighted by atomic mass is 9.75. The van der Waals surface area contributed by atoms with Crippen molar-refractivity contribution in [3.8, 4) is 0 Å². The van der Waals surface area contributed by atoms with Crippen LogP contribution in [0.2, 0.25) is 0 Å². The summed E-state index contributed by atoms with van der Waals surface area (Å²) < 4.78 is 1.60. The van der Waals surface area contributed by atoms with Gasteiger partial charge >= 0.3 is 0 Å². The molecule has 3 atom stereocenters. The van der Waals surface area contributed by atoms with E-state index in [1.54, 1.807) is 16.8 Å². The lowest BCUT2D eigenvalue weighted by molar-refractivity contribution is -0.121. The van der Waals surface area contributed by atoms with Crippen LogP contribution in [0.4, 0.5) is 5.69 Å². The summed E-state index contributed by atoms with van der Waals surface area (Å²) in [4.78, 5) is 23.8. The highest BCUT2D eigenvalue weighted by atomic mass is 16.2. The van der Waals surface area contributed by atoms with Gasteiger partial charge in [0.2, 0.25) is 5.91 Å². The molecule has 110 valence electrons. The Hall–Kier alpha value is -1.58. The molecule has 4 nitrogen and oxygen atoms in total. The third-order valence-electron chi connectivity index (χ3n) is 4.56. The number of amides is 1. The molecule has 1 aromatic heterocycles. The minimum Gasteiger partial charge on any atom is -0.325 e. The fourth-order valence-corrected chi connectivity index (χ4v) is 2.88. The molecule has 0 aliphatic heterocycles. The minimum absolute atomic E-state index is 0.0365. The Bertz CT molecular complexity index is 536.